The lowest BCUT2D eigenvalue weighted by molar-refractivity contribution is -0.139. The molecule has 0 radical (unpaired) electrons. The van der Waals surface area contributed by atoms with Gasteiger partial charge in [-0.25, -0.2) is 0 Å². The highest BCUT2D eigenvalue weighted by Gasteiger charge is 2.18. The molecule has 0 bridgehead atoms. The zero-order chi connectivity index (χ0) is 12.1. The largest absolute Gasteiger partial charge is 0.481 e. The van der Waals surface area contributed by atoms with Crippen molar-refractivity contribution in [1.29, 1.82) is 0 Å². The number of rotatable bonds is 5. The number of carboxylic acids is 1. The van der Waals surface area contributed by atoms with E-state index >= 15 is 0 Å². The minimum Gasteiger partial charge on any atom is -0.481 e. The Kier molecular flexibility index (Phi) is 4.49. The van der Waals surface area contributed by atoms with Crippen molar-refractivity contribution < 1.29 is 14.7 Å². The van der Waals surface area contributed by atoms with Crippen LogP contribution in [0.3, 0.4) is 0 Å². The Morgan fingerprint density at radius 2 is 2.25 bits per heavy atom. The molecule has 5 heteroatoms. The fourth-order valence-corrected chi connectivity index (χ4v) is 2.02. The number of carbonyl (C=O) groups excluding carboxylic acids is 1. The second-order valence-electron chi connectivity index (χ2n) is 3.71. The van der Waals surface area contributed by atoms with Gasteiger partial charge in [-0.15, -0.1) is 11.3 Å². The van der Waals surface area contributed by atoms with Crippen molar-refractivity contribution in [3.05, 3.63) is 22.4 Å². The standard InChI is InChI=1S/C11H15NO3S/c1-8(6-11(14)15)12(2)10(13)7-9-4-3-5-16-9/h3-5,8H,6-7H2,1-2H3,(H,14,15). The maximum Gasteiger partial charge on any atom is 0.305 e. The molecule has 16 heavy (non-hydrogen) atoms. The summed E-state index contributed by atoms with van der Waals surface area (Å²) in [7, 11) is 1.64. The lowest BCUT2D eigenvalue weighted by Crippen LogP contribution is -2.37. The number of carbonyl (C=O) groups is 2. The van der Waals surface area contributed by atoms with Gasteiger partial charge in [0, 0.05) is 18.0 Å². The Morgan fingerprint density at radius 3 is 2.75 bits per heavy atom. The summed E-state index contributed by atoms with van der Waals surface area (Å²) in [4.78, 5) is 24.8. The van der Waals surface area contributed by atoms with E-state index in [0.29, 0.717) is 6.42 Å². The Bertz CT molecular complexity index is 361. The maximum atomic E-state index is 11.8. The van der Waals surface area contributed by atoms with Crippen LogP contribution in [-0.4, -0.2) is 35.0 Å². The van der Waals surface area contributed by atoms with Crippen LogP contribution < -0.4 is 0 Å². The van der Waals surface area contributed by atoms with Crippen LogP contribution >= 0.6 is 11.3 Å². The molecule has 0 spiro atoms. The highest BCUT2D eigenvalue weighted by molar-refractivity contribution is 7.10. The molecule has 0 saturated carbocycles. The molecule has 0 aromatic carbocycles. The smallest absolute Gasteiger partial charge is 0.305 e. The molecule has 88 valence electrons. The number of amides is 1. The molecule has 1 heterocycles. The van der Waals surface area contributed by atoms with Gasteiger partial charge in [-0.3, -0.25) is 9.59 Å². The number of hydrogen-bond acceptors (Lipinski definition) is 3. The third-order valence-corrected chi connectivity index (χ3v) is 3.31. The summed E-state index contributed by atoms with van der Waals surface area (Å²) < 4.78 is 0. The Morgan fingerprint density at radius 1 is 1.56 bits per heavy atom. The molecule has 4 nitrogen and oxygen atoms in total. The van der Waals surface area contributed by atoms with Crippen LogP contribution in [0.15, 0.2) is 17.5 Å². The van der Waals surface area contributed by atoms with Crippen LogP contribution in [0.1, 0.15) is 18.2 Å². The molecular weight excluding hydrogens is 226 g/mol. The third-order valence-electron chi connectivity index (χ3n) is 2.43. The molecule has 1 atom stereocenters. The first-order valence-corrected chi connectivity index (χ1v) is 5.88. The van der Waals surface area contributed by atoms with Crippen LogP contribution in [0, 0.1) is 0 Å². The Balaban J connectivity index is 2.50. The molecule has 0 fully saturated rings. The number of nitrogens with zero attached hydrogens (tertiary/aromatic N) is 1. The number of aliphatic carboxylic acids is 1. The summed E-state index contributed by atoms with van der Waals surface area (Å²) in [6.45, 7) is 1.74. The van der Waals surface area contributed by atoms with Crippen molar-refractivity contribution in [2.24, 2.45) is 0 Å². The lowest BCUT2D eigenvalue weighted by Gasteiger charge is -2.23. The third kappa shape index (κ3) is 3.66. The molecule has 1 N–H and O–H groups in total. The molecule has 0 saturated heterocycles. The van der Waals surface area contributed by atoms with E-state index in [1.165, 1.54) is 16.2 Å². The van der Waals surface area contributed by atoms with Crippen molar-refractivity contribution in [2.75, 3.05) is 7.05 Å². The van der Waals surface area contributed by atoms with Crippen LogP contribution in [0.5, 0.6) is 0 Å². The Hall–Kier alpha value is -1.36. The monoisotopic (exact) mass is 241 g/mol. The van der Waals surface area contributed by atoms with Crippen molar-refractivity contribution in [3.63, 3.8) is 0 Å². The number of hydrogen-bond donors (Lipinski definition) is 1. The zero-order valence-corrected chi connectivity index (χ0v) is 10.2. The van der Waals surface area contributed by atoms with E-state index in [9.17, 15) is 9.59 Å². The summed E-state index contributed by atoms with van der Waals surface area (Å²) in [5, 5.41) is 10.6. The SMILES string of the molecule is CC(CC(=O)O)N(C)C(=O)Cc1cccs1. The van der Waals surface area contributed by atoms with Gasteiger partial charge in [0.15, 0.2) is 0 Å². The molecule has 0 aliphatic carbocycles. The molecule has 1 amide bonds. The first-order chi connectivity index (χ1) is 7.50. The predicted octanol–water partition coefficient (Wildman–Crippen LogP) is 1.61. The van der Waals surface area contributed by atoms with Gasteiger partial charge in [0.1, 0.15) is 0 Å². The molecule has 1 aromatic heterocycles. The molecule has 0 aliphatic rings. The normalized spacial score (nSPS) is 12.1. The molecule has 0 aliphatic heterocycles. The predicted molar refractivity (Wildman–Crippen MR) is 62.5 cm³/mol. The van der Waals surface area contributed by atoms with Crippen molar-refractivity contribution >= 4 is 23.2 Å². The summed E-state index contributed by atoms with van der Waals surface area (Å²) in [6.07, 6.45) is 0.324. The van der Waals surface area contributed by atoms with Crippen molar-refractivity contribution in [3.8, 4) is 0 Å². The number of carboxylic acid groups (broad SMARTS) is 1. The average molecular weight is 241 g/mol. The molecule has 1 unspecified atom stereocenters. The minimum absolute atomic E-state index is 0.0212. The lowest BCUT2D eigenvalue weighted by atomic mass is 10.2. The van der Waals surface area contributed by atoms with Crippen LogP contribution in [-0.2, 0) is 16.0 Å². The summed E-state index contributed by atoms with van der Waals surface area (Å²) in [6, 6.07) is 3.52. The maximum absolute atomic E-state index is 11.8. The van der Waals surface area contributed by atoms with Crippen LogP contribution in [0.4, 0.5) is 0 Å². The van der Waals surface area contributed by atoms with Gasteiger partial charge in [-0.1, -0.05) is 6.07 Å². The second kappa shape index (κ2) is 5.65. The van der Waals surface area contributed by atoms with E-state index in [2.05, 4.69) is 0 Å². The fraction of sp³-hybridized carbons (Fsp3) is 0.455. The van der Waals surface area contributed by atoms with Gasteiger partial charge in [0.2, 0.25) is 5.91 Å². The van der Waals surface area contributed by atoms with Gasteiger partial charge in [-0.2, -0.15) is 0 Å². The van der Waals surface area contributed by atoms with Crippen molar-refractivity contribution in [1.82, 2.24) is 4.90 Å². The number of likely N-dealkylation sites (N-methyl/N-ethyl adjacent to an activating group) is 1. The van der Waals surface area contributed by atoms with Crippen molar-refractivity contribution in [2.45, 2.75) is 25.8 Å². The second-order valence-corrected chi connectivity index (χ2v) is 4.74. The quantitative estimate of drug-likeness (QED) is 0.852. The summed E-state index contributed by atoms with van der Waals surface area (Å²) in [5.74, 6) is -0.931. The van der Waals surface area contributed by atoms with E-state index in [1.807, 2.05) is 17.5 Å². The van der Waals surface area contributed by atoms with Gasteiger partial charge in [0.25, 0.3) is 0 Å². The van der Waals surface area contributed by atoms with Gasteiger partial charge >= 0.3 is 5.97 Å². The highest BCUT2D eigenvalue weighted by atomic mass is 32.1. The van der Waals surface area contributed by atoms with Crippen LogP contribution in [0.2, 0.25) is 0 Å². The summed E-state index contributed by atoms with van der Waals surface area (Å²) >= 11 is 1.53. The van der Waals surface area contributed by atoms with E-state index in [4.69, 9.17) is 5.11 Å². The van der Waals surface area contributed by atoms with E-state index in [0.717, 1.165) is 4.88 Å². The molecule has 1 aromatic rings. The molecule has 1 rings (SSSR count). The first kappa shape index (κ1) is 12.7. The zero-order valence-electron chi connectivity index (χ0n) is 9.34. The van der Waals surface area contributed by atoms with Gasteiger partial charge in [0.05, 0.1) is 12.8 Å². The Labute approximate surface area is 98.5 Å². The van der Waals surface area contributed by atoms with E-state index in [1.54, 1.807) is 14.0 Å². The first-order valence-electron chi connectivity index (χ1n) is 5.00. The van der Waals surface area contributed by atoms with Gasteiger partial charge < -0.3 is 10.0 Å². The molecular formula is C11H15NO3S. The average Bonchev–Trinajstić information content (AvgIpc) is 2.68. The van der Waals surface area contributed by atoms with E-state index in [-0.39, 0.29) is 18.4 Å². The highest BCUT2D eigenvalue weighted by Crippen LogP contribution is 2.11. The fourth-order valence-electron chi connectivity index (χ4n) is 1.32. The number of thiophene rings is 1. The minimum atomic E-state index is -0.886. The topological polar surface area (TPSA) is 57.6 Å². The summed E-state index contributed by atoms with van der Waals surface area (Å²) in [5.41, 5.74) is 0. The van der Waals surface area contributed by atoms with E-state index < -0.39 is 5.97 Å². The van der Waals surface area contributed by atoms with Crippen LogP contribution in [0.25, 0.3) is 0 Å². The van der Waals surface area contributed by atoms with Gasteiger partial charge in [-0.05, 0) is 18.4 Å².